The van der Waals surface area contributed by atoms with E-state index in [9.17, 15) is 14.4 Å². The largest absolute Gasteiger partial charge is 0.385 e. The molecule has 0 bridgehead atoms. The Kier molecular flexibility index (Phi) is 5.12. The van der Waals surface area contributed by atoms with Crippen LogP contribution in [-0.2, 0) is 19.1 Å². The topological polar surface area (TPSA) is 79.8 Å². The summed E-state index contributed by atoms with van der Waals surface area (Å²) in [7, 11) is 1.60. The van der Waals surface area contributed by atoms with Gasteiger partial charge in [-0.2, -0.15) is 0 Å². The molecule has 2 fully saturated rings. The highest BCUT2D eigenvalue weighted by molar-refractivity contribution is 6.13. The van der Waals surface area contributed by atoms with Crippen molar-refractivity contribution < 1.29 is 19.1 Å². The van der Waals surface area contributed by atoms with Crippen LogP contribution in [0.5, 0.6) is 0 Å². The Labute approximate surface area is 193 Å². The summed E-state index contributed by atoms with van der Waals surface area (Å²) >= 11 is 0. The zero-order chi connectivity index (χ0) is 23.5. The van der Waals surface area contributed by atoms with Gasteiger partial charge in [0.05, 0.1) is 29.1 Å². The second kappa shape index (κ2) is 7.76. The molecule has 1 aromatic carbocycles. The number of ether oxygens (including phenoxy) is 1. The fraction of sp³-hybridized carbons (Fsp3) is 0.462. The Morgan fingerprint density at radius 3 is 2.61 bits per heavy atom. The van der Waals surface area contributed by atoms with Crippen molar-refractivity contribution in [3.05, 3.63) is 42.1 Å². The highest BCUT2D eigenvalue weighted by Crippen LogP contribution is 2.51. The number of imide groups is 1. The third-order valence-corrected chi connectivity index (χ3v) is 7.07. The summed E-state index contributed by atoms with van der Waals surface area (Å²) in [5.41, 5.74) is 1.90. The van der Waals surface area contributed by atoms with E-state index in [4.69, 9.17) is 4.74 Å². The number of hydrogen-bond donors (Lipinski definition) is 0. The highest BCUT2D eigenvalue weighted by atomic mass is 16.5. The number of fused-ring (bicyclic) bond motifs is 7. The predicted octanol–water partition coefficient (Wildman–Crippen LogP) is 3.07. The molecule has 0 saturated carbocycles. The Hall–Kier alpha value is -3.06. The average molecular weight is 448 g/mol. The van der Waals surface area contributed by atoms with Crippen molar-refractivity contribution in [1.82, 2.24) is 9.88 Å². The van der Waals surface area contributed by atoms with E-state index in [2.05, 4.69) is 4.98 Å². The van der Waals surface area contributed by atoms with E-state index in [-0.39, 0.29) is 23.6 Å². The molecule has 4 atom stereocenters. The van der Waals surface area contributed by atoms with E-state index < -0.39 is 23.3 Å². The van der Waals surface area contributed by atoms with E-state index in [1.165, 1.54) is 4.90 Å². The molecular weight excluding hydrogens is 418 g/mol. The number of carbonyl (C=O) groups excluding carboxylic acids is 3. The molecular formula is C26H29N3O4. The van der Waals surface area contributed by atoms with Crippen molar-refractivity contribution >= 4 is 40.3 Å². The lowest BCUT2D eigenvalue weighted by Crippen LogP contribution is -2.51. The summed E-state index contributed by atoms with van der Waals surface area (Å²) in [6, 6.07) is 6.81. The lowest BCUT2D eigenvalue weighted by Gasteiger charge is -2.39. The fourth-order valence-corrected chi connectivity index (χ4v) is 5.57. The van der Waals surface area contributed by atoms with Crippen LogP contribution in [-0.4, -0.2) is 59.8 Å². The van der Waals surface area contributed by atoms with Gasteiger partial charge in [-0.1, -0.05) is 51.1 Å². The van der Waals surface area contributed by atoms with Crippen LogP contribution in [0.3, 0.4) is 0 Å². The molecule has 0 aliphatic carbocycles. The van der Waals surface area contributed by atoms with Crippen molar-refractivity contribution in [3.8, 4) is 0 Å². The van der Waals surface area contributed by atoms with E-state index in [1.54, 1.807) is 13.3 Å². The summed E-state index contributed by atoms with van der Waals surface area (Å²) in [4.78, 5) is 49.0. The lowest BCUT2D eigenvalue weighted by molar-refractivity contribution is -0.142. The Morgan fingerprint density at radius 2 is 1.88 bits per heavy atom. The number of hydrogen-bond acceptors (Lipinski definition) is 6. The number of ketones is 1. The van der Waals surface area contributed by atoms with Crippen LogP contribution in [0.1, 0.15) is 32.8 Å². The van der Waals surface area contributed by atoms with Crippen LogP contribution >= 0.6 is 0 Å². The summed E-state index contributed by atoms with van der Waals surface area (Å²) in [5.74, 6) is -1.76. The number of anilines is 1. The van der Waals surface area contributed by atoms with Gasteiger partial charge in [0.1, 0.15) is 6.04 Å². The van der Waals surface area contributed by atoms with Gasteiger partial charge in [0.15, 0.2) is 5.78 Å². The average Bonchev–Trinajstić information content (AvgIpc) is 3.26. The molecule has 172 valence electrons. The van der Waals surface area contributed by atoms with Gasteiger partial charge in [0, 0.05) is 37.3 Å². The van der Waals surface area contributed by atoms with Crippen LogP contribution in [0.15, 0.2) is 36.5 Å². The van der Waals surface area contributed by atoms with Crippen LogP contribution in [0, 0.1) is 17.3 Å². The molecule has 0 N–H and O–H groups in total. The Bertz CT molecular complexity index is 1180. The van der Waals surface area contributed by atoms with Crippen molar-refractivity contribution in [3.63, 3.8) is 0 Å². The standard InChI is InChI=1S/C26H29N3O4/c1-26(2,3)23(30)22-19-18(24(31)28(25(19)32)13-6-14-33-4)17-11-10-16-9-8-15-7-5-12-27-20(15)21(16)29(17)22/h5,7-12,17-19,22H,6,13-14H2,1-4H3/t17-,18-,19-,22+/m1/s1. The predicted molar refractivity (Wildman–Crippen MR) is 125 cm³/mol. The molecule has 3 aliphatic rings. The quantitative estimate of drug-likeness (QED) is 0.518. The number of Topliss-reactive ketones (excluding diaryl/α,β-unsaturated/α-hetero) is 1. The zero-order valence-electron chi connectivity index (χ0n) is 19.4. The van der Waals surface area contributed by atoms with E-state index in [1.807, 2.05) is 62.1 Å². The molecule has 2 aromatic rings. The van der Waals surface area contributed by atoms with Crippen molar-refractivity contribution in [2.75, 3.05) is 25.2 Å². The first-order valence-electron chi connectivity index (χ1n) is 11.5. The monoisotopic (exact) mass is 447 g/mol. The normalized spacial score (nSPS) is 26.1. The van der Waals surface area contributed by atoms with Crippen LogP contribution in [0.4, 0.5) is 5.69 Å². The minimum absolute atomic E-state index is 0.0333. The molecule has 0 spiro atoms. The second-order valence-electron chi connectivity index (χ2n) is 10.1. The first-order valence-corrected chi connectivity index (χ1v) is 11.5. The first kappa shape index (κ1) is 21.8. The maximum absolute atomic E-state index is 13.8. The minimum Gasteiger partial charge on any atom is -0.385 e. The molecule has 1 aromatic heterocycles. The van der Waals surface area contributed by atoms with Gasteiger partial charge in [-0.25, -0.2) is 0 Å². The zero-order valence-corrected chi connectivity index (χ0v) is 19.4. The number of pyridine rings is 1. The summed E-state index contributed by atoms with van der Waals surface area (Å²) < 4.78 is 5.11. The highest BCUT2D eigenvalue weighted by Gasteiger charge is 2.64. The Balaban J connectivity index is 1.66. The summed E-state index contributed by atoms with van der Waals surface area (Å²) in [6.07, 6.45) is 6.29. The number of benzene rings is 1. The number of nitrogens with zero attached hydrogens (tertiary/aromatic N) is 3. The molecule has 0 unspecified atom stereocenters. The number of likely N-dealkylation sites (tertiary alicyclic amines) is 1. The molecule has 2 saturated heterocycles. The van der Waals surface area contributed by atoms with E-state index in [0.29, 0.717) is 19.6 Å². The van der Waals surface area contributed by atoms with Gasteiger partial charge < -0.3 is 9.64 Å². The third-order valence-electron chi connectivity index (χ3n) is 7.07. The van der Waals surface area contributed by atoms with Crippen LogP contribution in [0.2, 0.25) is 0 Å². The number of carbonyl (C=O) groups is 3. The molecule has 33 heavy (non-hydrogen) atoms. The van der Waals surface area contributed by atoms with E-state index in [0.717, 1.165) is 22.2 Å². The number of amides is 2. The number of aromatic nitrogens is 1. The van der Waals surface area contributed by atoms with Gasteiger partial charge >= 0.3 is 0 Å². The van der Waals surface area contributed by atoms with Crippen molar-refractivity contribution in [2.45, 2.75) is 39.3 Å². The minimum atomic E-state index is -0.722. The molecule has 2 amide bonds. The maximum atomic E-state index is 13.8. The SMILES string of the molecule is COCCCN1C(=O)[C@@H]2[C@H](C1=O)[C@H]1C=Cc3ccc4cccnc4c3N1[C@@H]2C(=O)C(C)(C)C. The lowest BCUT2D eigenvalue weighted by atomic mass is 9.79. The maximum Gasteiger partial charge on any atom is 0.235 e. The Morgan fingerprint density at radius 1 is 1.12 bits per heavy atom. The van der Waals surface area contributed by atoms with Crippen molar-refractivity contribution in [1.29, 1.82) is 0 Å². The van der Waals surface area contributed by atoms with Gasteiger partial charge in [-0.05, 0) is 18.1 Å². The van der Waals surface area contributed by atoms with Gasteiger partial charge in [-0.3, -0.25) is 24.3 Å². The summed E-state index contributed by atoms with van der Waals surface area (Å²) in [6.45, 7) is 6.40. The number of methoxy groups -OCH3 is 1. The van der Waals surface area contributed by atoms with Crippen LogP contribution < -0.4 is 4.90 Å². The molecule has 4 heterocycles. The second-order valence-corrected chi connectivity index (χ2v) is 10.1. The molecule has 3 aliphatic heterocycles. The smallest absolute Gasteiger partial charge is 0.235 e. The molecule has 0 radical (unpaired) electrons. The molecule has 7 nitrogen and oxygen atoms in total. The third kappa shape index (κ3) is 3.21. The fourth-order valence-electron chi connectivity index (χ4n) is 5.57. The molecule has 5 rings (SSSR count). The number of rotatable bonds is 5. The van der Waals surface area contributed by atoms with Crippen molar-refractivity contribution in [2.24, 2.45) is 17.3 Å². The first-order chi connectivity index (χ1) is 15.8. The van der Waals surface area contributed by atoms with E-state index >= 15 is 0 Å². The van der Waals surface area contributed by atoms with Crippen LogP contribution in [0.25, 0.3) is 17.0 Å². The van der Waals surface area contributed by atoms with Gasteiger partial charge in [-0.15, -0.1) is 0 Å². The van der Waals surface area contributed by atoms with Gasteiger partial charge in [0.2, 0.25) is 11.8 Å². The summed E-state index contributed by atoms with van der Waals surface area (Å²) in [5, 5.41) is 0.961. The van der Waals surface area contributed by atoms with Gasteiger partial charge in [0.25, 0.3) is 0 Å². The molecule has 7 heteroatoms.